The Hall–Kier alpha value is -0.220. The van der Waals surface area contributed by atoms with Gasteiger partial charge in [-0.15, -0.1) is 11.8 Å². The van der Waals surface area contributed by atoms with Crippen molar-refractivity contribution in [2.24, 2.45) is 0 Å². The Morgan fingerprint density at radius 1 is 1.54 bits per heavy atom. The summed E-state index contributed by atoms with van der Waals surface area (Å²) in [6.45, 7) is 1.60. The highest BCUT2D eigenvalue weighted by Gasteiger charge is 2.35. The summed E-state index contributed by atoms with van der Waals surface area (Å²) in [5, 5.41) is 0.248. The van der Waals surface area contributed by atoms with Crippen molar-refractivity contribution < 1.29 is 9.53 Å². The molecule has 0 aromatic heterocycles. The zero-order valence-electron chi connectivity index (χ0n) is 7.86. The standard InChI is InChI=1S/C9H15NO2S/c1-12-7-5-10(6-7)9(11)8-3-2-4-13-8/h7-8H,2-6H2,1H3. The maximum atomic E-state index is 11.7. The number of carbonyl (C=O) groups is 1. The fraction of sp³-hybridized carbons (Fsp3) is 0.889. The van der Waals surface area contributed by atoms with Crippen molar-refractivity contribution in [2.45, 2.75) is 24.2 Å². The summed E-state index contributed by atoms with van der Waals surface area (Å²) < 4.78 is 5.13. The van der Waals surface area contributed by atoms with Gasteiger partial charge in [0.1, 0.15) is 0 Å². The van der Waals surface area contributed by atoms with Gasteiger partial charge < -0.3 is 9.64 Å². The predicted octanol–water partition coefficient (Wildman–Crippen LogP) is 0.739. The van der Waals surface area contributed by atoms with Crippen LogP contribution >= 0.6 is 11.8 Å². The molecule has 1 unspecified atom stereocenters. The second-order valence-electron chi connectivity index (χ2n) is 3.60. The molecular weight excluding hydrogens is 186 g/mol. The van der Waals surface area contributed by atoms with E-state index >= 15 is 0 Å². The van der Waals surface area contributed by atoms with Gasteiger partial charge in [-0.2, -0.15) is 0 Å². The van der Waals surface area contributed by atoms with Crippen LogP contribution in [-0.2, 0) is 9.53 Å². The number of carbonyl (C=O) groups excluding carboxylic acids is 1. The van der Waals surface area contributed by atoms with Gasteiger partial charge in [-0.05, 0) is 18.6 Å². The predicted molar refractivity (Wildman–Crippen MR) is 52.9 cm³/mol. The first kappa shape index (κ1) is 9.34. The van der Waals surface area contributed by atoms with Crippen LogP contribution < -0.4 is 0 Å². The lowest BCUT2D eigenvalue weighted by Crippen LogP contribution is -2.56. The maximum absolute atomic E-state index is 11.7. The maximum Gasteiger partial charge on any atom is 0.235 e. The van der Waals surface area contributed by atoms with Gasteiger partial charge in [0.25, 0.3) is 0 Å². The van der Waals surface area contributed by atoms with Gasteiger partial charge in [0.15, 0.2) is 0 Å². The summed E-state index contributed by atoms with van der Waals surface area (Å²) in [5.41, 5.74) is 0. The molecule has 1 amide bonds. The van der Waals surface area contributed by atoms with E-state index in [-0.39, 0.29) is 11.4 Å². The summed E-state index contributed by atoms with van der Waals surface area (Å²) in [6.07, 6.45) is 2.55. The molecule has 0 radical (unpaired) electrons. The third-order valence-corrected chi connectivity index (χ3v) is 4.06. The lowest BCUT2D eigenvalue weighted by atomic mass is 10.1. The number of hydrogen-bond donors (Lipinski definition) is 0. The van der Waals surface area contributed by atoms with Gasteiger partial charge in [0.05, 0.1) is 11.4 Å². The van der Waals surface area contributed by atoms with Gasteiger partial charge in [0, 0.05) is 20.2 Å². The third kappa shape index (κ3) is 1.83. The molecule has 13 heavy (non-hydrogen) atoms. The van der Waals surface area contributed by atoms with Gasteiger partial charge in [-0.3, -0.25) is 4.79 Å². The van der Waals surface area contributed by atoms with Gasteiger partial charge in [-0.1, -0.05) is 0 Å². The third-order valence-electron chi connectivity index (χ3n) is 2.70. The summed E-state index contributed by atoms with van der Waals surface area (Å²) in [6, 6.07) is 0. The number of likely N-dealkylation sites (tertiary alicyclic amines) is 1. The van der Waals surface area contributed by atoms with E-state index in [1.54, 1.807) is 18.9 Å². The molecule has 0 N–H and O–H groups in total. The molecule has 2 fully saturated rings. The van der Waals surface area contributed by atoms with Gasteiger partial charge in [-0.25, -0.2) is 0 Å². The second kappa shape index (κ2) is 3.88. The number of methoxy groups -OCH3 is 1. The first-order valence-electron chi connectivity index (χ1n) is 4.74. The average Bonchev–Trinajstić information content (AvgIpc) is 2.53. The summed E-state index contributed by atoms with van der Waals surface area (Å²) in [5.74, 6) is 1.48. The summed E-state index contributed by atoms with van der Waals surface area (Å²) in [7, 11) is 1.71. The monoisotopic (exact) mass is 201 g/mol. The Kier molecular flexibility index (Phi) is 2.79. The smallest absolute Gasteiger partial charge is 0.235 e. The number of thioether (sulfide) groups is 1. The van der Waals surface area contributed by atoms with E-state index in [1.165, 1.54) is 6.42 Å². The van der Waals surface area contributed by atoms with Crippen LogP contribution in [0.25, 0.3) is 0 Å². The second-order valence-corrected chi connectivity index (χ2v) is 4.91. The zero-order chi connectivity index (χ0) is 9.26. The van der Waals surface area contributed by atoms with Crippen molar-refractivity contribution in [1.82, 2.24) is 4.90 Å². The fourth-order valence-electron chi connectivity index (χ4n) is 1.74. The van der Waals surface area contributed by atoms with Crippen LogP contribution in [0.5, 0.6) is 0 Å². The molecule has 2 aliphatic heterocycles. The number of rotatable bonds is 2. The number of hydrogen-bond acceptors (Lipinski definition) is 3. The topological polar surface area (TPSA) is 29.5 Å². The lowest BCUT2D eigenvalue weighted by molar-refractivity contribution is -0.142. The van der Waals surface area contributed by atoms with Crippen molar-refractivity contribution >= 4 is 17.7 Å². The highest BCUT2D eigenvalue weighted by molar-refractivity contribution is 8.00. The molecule has 0 bridgehead atoms. The van der Waals surface area contributed by atoms with E-state index in [4.69, 9.17) is 4.74 Å². The van der Waals surface area contributed by atoms with Crippen LogP contribution in [-0.4, -0.2) is 48.1 Å². The Bertz CT molecular complexity index is 198. The van der Waals surface area contributed by atoms with Crippen LogP contribution in [0.3, 0.4) is 0 Å². The Morgan fingerprint density at radius 3 is 2.85 bits per heavy atom. The molecule has 4 heteroatoms. The van der Waals surface area contributed by atoms with E-state index < -0.39 is 0 Å². The minimum absolute atomic E-state index is 0.248. The first-order chi connectivity index (χ1) is 6.31. The average molecular weight is 201 g/mol. The minimum atomic E-state index is 0.248. The van der Waals surface area contributed by atoms with E-state index in [9.17, 15) is 4.79 Å². The van der Waals surface area contributed by atoms with Crippen molar-refractivity contribution in [1.29, 1.82) is 0 Å². The van der Waals surface area contributed by atoms with Crippen LogP contribution in [0.4, 0.5) is 0 Å². The quantitative estimate of drug-likeness (QED) is 0.660. The van der Waals surface area contributed by atoms with Crippen molar-refractivity contribution in [2.75, 3.05) is 26.0 Å². The van der Waals surface area contributed by atoms with Gasteiger partial charge >= 0.3 is 0 Å². The molecule has 0 aromatic carbocycles. The molecule has 2 aliphatic rings. The summed E-state index contributed by atoms with van der Waals surface area (Å²) >= 11 is 1.80. The largest absolute Gasteiger partial charge is 0.378 e. The Balaban J connectivity index is 1.78. The van der Waals surface area contributed by atoms with E-state index in [1.807, 2.05) is 4.90 Å². The number of ether oxygens (including phenoxy) is 1. The summed E-state index contributed by atoms with van der Waals surface area (Å²) in [4.78, 5) is 13.7. The van der Waals surface area contributed by atoms with Crippen LogP contribution in [0.2, 0.25) is 0 Å². The SMILES string of the molecule is COC1CN(C(=O)C2CCCS2)C1. The zero-order valence-corrected chi connectivity index (χ0v) is 8.68. The molecule has 74 valence electrons. The first-order valence-corrected chi connectivity index (χ1v) is 5.79. The Morgan fingerprint density at radius 2 is 2.31 bits per heavy atom. The molecule has 0 spiro atoms. The van der Waals surface area contributed by atoms with E-state index in [2.05, 4.69) is 0 Å². The van der Waals surface area contributed by atoms with Crippen molar-refractivity contribution in [3.05, 3.63) is 0 Å². The molecule has 0 aromatic rings. The molecule has 2 rings (SSSR count). The van der Waals surface area contributed by atoms with Gasteiger partial charge in [0.2, 0.25) is 5.91 Å². The number of amides is 1. The molecule has 0 saturated carbocycles. The molecular formula is C9H15NO2S. The highest BCUT2D eigenvalue weighted by Crippen LogP contribution is 2.29. The van der Waals surface area contributed by atoms with Crippen LogP contribution in [0.15, 0.2) is 0 Å². The van der Waals surface area contributed by atoms with Crippen molar-refractivity contribution in [3.8, 4) is 0 Å². The lowest BCUT2D eigenvalue weighted by Gasteiger charge is -2.39. The molecule has 2 saturated heterocycles. The van der Waals surface area contributed by atoms with Crippen LogP contribution in [0, 0.1) is 0 Å². The minimum Gasteiger partial charge on any atom is -0.378 e. The molecule has 0 aliphatic carbocycles. The molecule has 3 nitrogen and oxygen atoms in total. The van der Waals surface area contributed by atoms with E-state index in [0.29, 0.717) is 5.91 Å². The van der Waals surface area contributed by atoms with E-state index in [0.717, 1.165) is 25.3 Å². The molecule has 2 heterocycles. The molecule has 1 atom stereocenters. The fourth-order valence-corrected chi connectivity index (χ4v) is 2.99. The van der Waals surface area contributed by atoms with Crippen molar-refractivity contribution in [3.63, 3.8) is 0 Å². The van der Waals surface area contributed by atoms with Crippen LogP contribution in [0.1, 0.15) is 12.8 Å². The highest BCUT2D eigenvalue weighted by atomic mass is 32.2. The normalized spacial score (nSPS) is 29.0. The number of nitrogens with zero attached hydrogens (tertiary/aromatic N) is 1. The Labute approximate surface area is 82.8 Å².